The molecule has 0 aromatic carbocycles. The molecule has 0 radical (unpaired) electrons. The minimum atomic E-state index is 0.172. The summed E-state index contributed by atoms with van der Waals surface area (Å²) in [6.45, 7) is 14.7. The van der Waals surface area contributed by atoms with Gasteiger partial charge >= 0.3 is 0 Å². The Kier molecular flexibility index (Phi) is 4.60. The fraction of sp³-hybridized carbons (Fsp3) is 0.800. The van der Waals surface area contributed by atoms with Gasteiger partial charge in [0.1, 0.15) is 0 Å². The quantitative estimate of drug-likeness (QED) is 0.872. The molecule has 18 heavy (non-hydrogen) atoms. The van der Waals surface area contributed by atoms with Crippen molar-refractivity contribution in [1.82, 2.24) is 15.1 Å². The Hall–Kier alpha value is -0.830. The SMILES string of the molecule is CC(C)C(C)(CNC(C)(C)C)Cc1cnn(C)c1. The monoisotopic (exact) mass is 251 g/mol. The summed E-state index contributed by atoms with van der Waals surface area (Å²) >= 11 is 0. The lowest BCUT2D eigenvalue weighted by atomic mass is 9.74. The molecule has 1 atom stereocenters. The van der Waals surface area contributed by atoms with Crippen LogP contribution in [-0.2, 0) is 13.5 Å². The van der Waals surface area contributed by atoms with Gasteiger partial charge in [-0.15, -0.1) is 0 Å². The zero-order chi connectivity index (χ0) is 14.0. The molecule has 0 amide bonds. The van der Waals surface area contributed by atoms with Gasteiger partial charge < -0.3 is 5.32 Å². The number of rotatable bonds is 5. The molecule has 0 spiro atoms. The van der Waals surface area contributed by atoms with Gasteiger partial charge in [-0.25, -0.2) is 0 Å². The van der Waals surface area contributed by atoms with Crippen LogP contribution >= 0.6 is 0 Å². The van der Waals surface area contributed by atoms with E-state index in [1.54, 1.807) is 0 Å². The molecule has 104 valence electrons. The Labute approximate surface area is 112 Å². The average Bonchev–Trinajstić information content (AvgIpc) is 2.60. The first-order valence-electron chi connectivity index (χ1n) is 6.85. The molecule has 1 N–H and O–H groups in total. The molecular formula is C15H29N3. The molecule has 1 unspecified atom stereocenters. The number of hydrogen-bond acceptors (Lipinski definition) is 2. The van der Waals surface area contributed by atoms with Crippen LogP contribution in [0.2, 0.25) is 0 Å². The van der Waals surface area contributed by atoms with Crippen LogP contribution in [0, 0.1) is 11.3 Å². The molecule has 1 aromatic heterocycles. The topological polar surface area (TPSA) is 29.9 Å². The summed E-state index contributed by atoms with van der Waals surface area (Å²) in [7, 11) is 1.98. The molecule has 0 aliphatic rings. The van der Waals surface area contributed by atoms with Crippen molar-refractivity contribution in [3.05, 3.63) is 18.0 Å². The third-order valence-corrected chi connectivity index (χ3v) is 3.78. The summed E-state index contributed by atoms with van der Waals surface area (Å²) < 4.78 is 1.88. The van der Waals surface area contributed by atoms with E-state index in [-0.39, 0.29) is 11.0 Å². The highest BCUT2D eigenvalue weighted by atomic mass is 15.2. The second-order valence-electron chi connectivity index (χ2n) is 7.11. The average molecular weight is 251 g/mol. The van der Waals surface area contributed by atoms with Gasteiger partial charge in [0.15, 0.2) is 0 Å². The second kappa shape index (κ2) is 5.43. The standard InChI is InChI=1S/C15H29N3/c1-12(2)15(6,11-16-14(3,4)5)8-13-9-17-18(7)10-13/h9-10,12,16H,8,11H2,1-7H3. The van der Waals surface area contributed by atoms with Crippen LogP contribution in [0.15, 0.2) is 12.4 Å². The Morgan fingerprint density at radius 1 is 1.28 bits per heavy atom. The van der Waals surface area contributed by atoms with E-state index < -0.39 is 0 Å². The van der Waals surface area contributed by atoms with Crippen molar-refractivity contribution in [2.45, 2.75) is 53.5 Å². The number of aryl methyl sites for hydroxylation is 1. The summed E-state index contributed by atoms with van der Waals surface area (Å²) in [5.74, 6) is 0.632. The third-order valence-electron chi connectivity index (χ3n) is 3.78. The first kappa shape index (κ1) is 15.2. The van der Waals surface area contributed by atoms with Crippen LogP contribution in [0.1, 0.15) is 47.1 Å². The minimum Gasteiger partial charge on any atom is -0.312 e. The zero-order valence-electron chi connectivity index (χ0n) is 13.0. The normalized spacial score (nSPS) is 16.0. The highest BCUT2D eigenvalue weighted by molar-refractivity contribution is 5.08. The summed E-state index contributed by atoms with van der Waals surface area (Å²) in [5.41, 5.74) is 1.76. The molecule has 0 fully saturated rings. The van der Waals surface area contributed by atoms with E-state index in [0.29, 0.717) is 5.92 Å². The molecule has 0 bridgehead atoms. The Morgan fingerprint density at radius 3 is 2.28 bits per heavy atom. The lowest BCUT2D eigenvalue weighted by Crippen LogP contribution is -2.45. The first-order chi connectivity index (χ1) is 8.12. The Balaban J connectivity index is 2.74. The largest absolute Gasteiger partial charge is 0.312 e. The maximum atomic E-state index is 4.27. The van der Waals surface area contributed by atoms with Gasteiger partial charge in [0.05, 0.1) is 6.20 Å². The van der Waals surface area contributed by atoms with Gasteiger partial charge in [0.2, 0.25) is 0 Å². The Morgan fingerprint density at radius 2 is 1.89 bits per heavy atom. The summed E-state index contributed by atoms with van der Waals surface area (Å²) in [6, 6.07) is 0. The highest BCUT2D eigenvalue weighted by Crippen LogP contribution is 2.31. The molecule has 1 rings (SSSR count). The van der Waals surface area contributed by atoms with E-state index in [2.05, 4.69) is 58.2 Å². The number of nitrogens with one attached hydrogen (secondary N) is 1. The molecule has 3 nitrogen and oxygen atoms in total. The van der Waals surface area contributed by atoms with E-state index in [1.165, 1.54) is 5.56 Å². The van der Waals surface area contributed by atoms with E-state index in [1.807, 2.05) is 17.9 Å². The van der Waals surface area contributed by atoms with Gasteiger partial charge in [-0.1, -0.05) is 20.8 Å². The summed E-state index contributed by atoms with van der Waals surface area (Å²) in [4.78, 5) is 0. The molecule has 1 aromatic rings. The minimum absolute atomic E-state index is 0.172. The summed E-state index contributed by atoms with van der Waals surface area (Å²) in [6.07, 6.45) is 5.18. The molecule has 0 saturated heterocycles. The van der Waals surface area contributed by atoms with Crippen molar-refractivity contribution in [3.8, 4) is 0 Å². The van der Waals surface area contributed by atoms with E-state index in [4.69, 9.17) is 0 Å². The fourth-order valence-corrected chi connectivity index (χ4v) is 1.97. The van der Waals surface area contributed by atoms with E-state index >= 15 is 0 Å². The van der Waals surface area contributed by atoms with Crippen LogP contribution in [0.25, 0.3) is 0 Å². The predicted molar refractivity (Wildman–Crippen MR) is 77.6 cm³/mol. The smallest absolute Gasteiger partial charge is 0.0521 e. The second-order valence-corrected chi connectivity index (χ2v) is 7.11. The van der Waals surface area contributed by atoms with Crippen LogP contribution in [0.5, 0.6) is 0 Å². The maximum absolute atomic E-state index is 4.27. The lowest BCUT2D eigenvalue weighted by Gasteiger charge is -2.37. The van der Waals surface area contributed by atoms with Gasteiger partial charge in [0.25, 0.3) is 0 Å². The Bertz CT molecular complexity index is 373. The van der Waals surface area contributed by atoms with Crippen LogP contribution in [-0.4, -0.2) is 21.9 Å². The number of aromatic nitrogens is 2. The van der Waals surface area contributed by atoms with Gasteiger partial charge in [-0.2, -0.15) is 5.10 Å². The fourth-order valence-electron chi connectivity index (χ4n) is 1.97. The molecular weight excluding hydrogens is 222 g/mol. The van der Waals surface area contributed by atoms with Gasteiger partial charge in [0, 0.05) is 25.3 Å². The molecule has 0 saturated carbocycles. The molecule has 1 heterocycles. The van der Waals surface area contributed by atoms with Crippen LogP contribution in [0.3, 0.4) is 0 Å². The maximum Gasteiger partial charge on any atom is 0.0521 e. The molecule has 0 aliphatic carbocycles. The number of hydrogen-bond donors (Lipinski definition) is 1. The van der Waals surface area contributed by atoms with Crippen molar-refractivity contribution in [3.63, 3.8) is 0 Å². The molecule has 0 aliphatic heterocycles. The van der Waals surface area contributed by atoms with Crippen LogP contribution < -0.4 is 5.32 Å². The summed E-state index contributed by atoms with van der Waals surface area (Å²) in [5, 5.41) is 7.91. The first-order valence-corrected chi connectivity index (χ1v) is 6.85. The predicted octanol–water partition coefficient (Wildman–Crippen LogP) is 3.01. The van der Waals surface area contributed by atoms with Crippen molar-refractivity contribution in [2.24, 2.45) is 18.4 Å². The van der Waals surface area contributed by atoms with E-state index in [0.717, 1.165) is 13.0 Å². The number of nitrogens with zero attached hydrogens (tertiary/aromatic N) is 2. The van der Waals surface area contributed by atoms with Crippen molar-refractivity contribution in [2.75, 3.05) is 6.54 Å². The van der Waals surface area contributed by atoms with Crippen molar-refractivity contribution in [1.29, 1.82) is 0 Å². The highest BCUT2D eigenvalue weighted by Gasteiger charge is 2.30. The zero-order valence-corrected chi connectivity index (χ0v) is 13.0. The van der Waals surface area contributed by atoms with Crippen molar-refractivity contribution < 1.29 is 0 Å². The van der Waals surface area contributed by atoms with Gasteiger partial charge in [-0.05, 0) is 44.1 Å². The van der Waals surface area contributed by atoms with E-state index in [9.17, 15) is 0 Å². The van der Waals surface area contributed by atoms with Gasteiger partial charge in [-0.3, -0.25) is 4.68 Å². The van der Waals surface area contributed by atoms with Crippen molar-refractivity contribution >= 4 is 0 Å². The molecule has 3 heteroatoms. The van der Waals surface area contributed by atoms with Crippen LogP contribution in [0.4, 0.5) is 0 Å². The lowest BCUT2D eigenvalue weighted by molar-refractivity contribution is 0.188. The third kappa shape index (κ3) is 4.45.